The lowest BCUT2D eigenvalue weighted by Crippen LogP contribution is -2.35. The number of hydrogen-bond donors (Lipinski definition) is 2. The SMILES string of the molecule is CCCCCCCOc1ccc(-c2nnc(-c3ccc(CC(NC)C(=O)O)cc3)o2)cc1. The molecule has 0 fully saturated rings. The molecule has 1 atom stereocenters. The molecule has 0 aliphatic heterocycles. The van der Waals surface area contributed by atoms with E-state index < -0.39 is 12.0 Å². The molecular formula is C25H31N3O4. The van der Waals surface area contributed by atoms with E-state index in [1.54, 1.807) is 7.05 Å². The lowest BCUT2D eigenvalue weighted by molar-refractivity contribution is -0.139. The van der Waals surface area contributed by atoms with E-state index in [-0.39, 0.29) is 0 Å². The van der Waals surface area contributed by atoms with Crippen molar-refractivity contribution in [3.63, 3.8) is 0 Å². The molecule has 1 aromatic heterocycles. The second kappa shape index (κ2) is 12.0. The number of aliphatic carboxylic acids is 1. The summed E-state index contributed by atoms with van der Waals surface area (Å²) in [6, 6.07) is 14.5. The van der Waals surface area contributed by atoms with Crippen LogP contribution in [0.5, 0.6) is 5.75 Å². The highest BCUT2D eigenvalue weighted by atomic mass is 16.5. The number of ether oxygens (including phenoxy) is 1. The Morgan fingerprint density at radius 1 is 0.969 bits per heavy atom. The highest BCUT2D eigenvalue weighted by molar-refractivity contribution is 5.74. The number of nitrogens with one attached hydrogen (secondary N) is 1. The molecule has 2 aromatic carbocycles. The summed E-state index contributed by atoms with van der Waals surface area (Å²) in [7, 11) is 1.64. The summed E-state index contributed by atoms with van der Waals surface area (Å²) in [4.78, 5) is 11.2. The van der Waals surface area contributed by atoms with Crippen LogP contribution in [-0.2, 0) is 11.2 Å². The lowest BCUT2D eigenvalue weighted by atomic mass is 10.0. The van der Waals surface area contributed by atoms with Crippen LogP contribution in [0.3, 0.4) is 0 Å². The summed E-state index contributed by atoms with van der Waals surface area (Å²) in [6.07, 6.45) is 6.46. The molecule has 170 valence electrons. The van der Waals surface area contributed by atoms with Crippen LogP contribution in [0.25, 0.3) is 22.9 Å². The first-order valence-electron chi connectivity index (χ1n) is 11.2. The number of benzene rings is 2. The van der Waals surface area contributed by atoms with Crippen LogP contribution in [0.2, 0.25) is 0 Å². The van der Waals surface area contributed by atoms with Gasteiger partial charge >= 0.3 is 5.97 Å². The minimum absolute atomic E-state index is 0.397. The Labute approximate surface area is 188 Å². The number of aromatic nitrogens is 2. The smallest absolute Gasteiger partial charge is 0.321 e. The van der Waals surface area contributed by atoms with Crippen molar-refractivity contribution in [3.05, 3.63) is 54.1 Å². The standard InChI is InChI=1S/C25H31N3O4/c1-3-4-5-6-7-16-31-21-14-12-20(13-15-21)24-28-27-23(32-24)19-10-8-18(9-11-19)17-22(26-2)25(29)30/h8-15,22,26H,3-7,16-17H2,1-2H3,(H,29,30). The van der Waals surface area contributed by atoms with Crippen LogP contribution in [0.1, 0.15) is 44.6 Å². The molecule has 0 amide bonds. The number of carbonyl (C=O) groups is 1. The van der Waals surface area contributed by atoms with E-state index in [2.05, 4.69) is 22.4 Å². The Bertz CT molecular complexity index is 968. The van der Waals surface area contributed by atoms with Gasteiger partial charge in [-0.1, -0.05) is 44.7 Å². The van der Waals surface area contributed by atoms with E-state index in [4.69, 9.17) is 9.15 Å². The van der Waals surface area contributed by atoms with E-state index in [1.165, 1.54) is 25.7 Å². The van der Waals surface area contributed by atoms with Crippen LogP contribution in [0.15, 0.2) is 52.9 Å². The van der Waals surface area contributed by atoms with Gasteiger partial charge in [-0.2, -0.15) is 0 Å². The number of likely N-dealkylation sites (N-methyl/N-ethyl adjacent to an activating group) is 1. The van der Waals surface area contributed by atoms with E-state index in [0.717, 1.165) is 35.5 Å². The van der Waals surface area contributed by atoms with Gasteiger partial charge in [0, 0.05) is 11.1 Å². The van der Waals surface area contributed by atoms with E-state index in [9.17, 15) is 9.90 Å². The molecule has 0 radical (unpaired) electrons. The highest BCUT2D eigenvalue weighted by Crippen LogP contribution is 2.26. The molecule has 7 nitrogen and oxygen atoms in total. The molecule has 0 bridgehead atoms. The molecule has 0 aliphatic rings. The van der Waals surface area contributed by atoms with Gasteiger partial charge in [0.1, 0.15) is 11.8 Å². The molecule has 1 heterocycles. The zero-order chi connectivity index (χ0) is 22.8. The molecule has 1 unspecified atom stereocenters. The van der Waals surface area contributed by atoms with Gasteiger partial charge in [-0.05, 0) is 61.9 Å². The van der Waals surface area contributed by atoms with Gasteiger partial charge in [0.2, 0.25) is 11.8 Å². The van der Waals surface area contributed by atoms with Crippen molar-refractivity contribution in [2.24, 2.45) is 0 Å². The molecule has 7 heteroatoms. The quantitative estimate of drug-likeness (QED) is 0.364. The molecule has 0 saturated carbocycles. The average molecular weight is 438 g/mol. The third-order valence-electron chi connectivity index (χ3n) is 5.33. The van der Waals surface area contributed by atoms with E-state index >= 15 is 0 Å². The minimum Gasteiger partial charge on any atom is -0.494 e. The average Bonchev–Trinajstić information content (AvgIpc) is 3.30. The first-order chi connectivity index (χ1) is 15.6. The predicted octanol–water partition coefficient (Wildman–Crippen LogP) is 4.97. The zero-order valence-corrected chi connectivity index (χ0v) is 18.7. The maximum Gasteiger partial charge on any atom is 0.321 e. The summed E-state index contributed by atoms with van der Waals surface area (Å²) in [5, 5.41) is 20.3. The van der Waals surface area contributed by atoms with Crippen molar-refractivity contribution in [2.75, 3.05) is 13.7 Å². The first kappa shape index (κ1) is 23.5. The third kappa shape index (κ3) is 6.65. The number of nitrogens with zero attached hydrogens (tertiary/aromatic N) is 2. The molecule has 0 aliphatic carbocycles. The van der Waals surface area contributed by atoms with Crippen molar-refractivity contribution in [1.82, 2.24) is 15.5 Å². The molecule has 3 rings (SSSR count). The summed E-state index contributed by atoms with van der Waals surface area (Å²) >= 11 is 0. The summed E-state index contributed by atoms with van der Waals surface area (Å²) in [5.74, 6) is 0.820. The van der Waals surface area contributed by atoms with E-state index in [0.29, 0.717) is 18.2 Å². The molecule has 0 spiro atoms. The van der Waals surface area contributed by atoms with Crippen molar-refractivity contribution >= 4 is 5.97 Å². The van der Waals surface area contributed by atoms with Crippen molar-refractivity contribution in [1.29, 1.82) is 0 Å². The third-order valence-corrected chi connectivity index (χ3v) is 5.33. The van der Waals surface area contributed by atoms with Crippen LogP contribution in [0.4, 0.5) is 0 Å². The van der Waals surface area contributed by atoms with Crippen LogP contribution < -0.4 is 10.1 Å². The fourth-order valence-electron chi connectivity index (χ4n) is 3.38. The number of hydrogen-bond acceptors (Lipinski definition) is 6. The normalized spacial score (nSPS) is 11.9. The van der Waals surface area contributed by atoms with Gasteiger partial charge in [-0.15, -0.1) is 10.2 Å². The number of unbranched alkanes of at least 4 members (excludes halogenated alkanes) is 4. The van der Waals surface area contributed by atoms with Gasteiger partial charge < -0.3 is 19.6 Å². The van der Waals surface area contributed by atoms with Gasteiger partial charge in [0.05, 0.1) is 6.61 Å². The lowest BCUT2D eigenvalue weighted by Gasteiger charge is -2.10. The molecule has 0 saturated heterocycles. The van der Waals surface area contributed by atoms with Gasteiger partial charge in [-0.3, -0.25) is 4.79 Å². The highest BCUT2D eigenvalue weighted by Gasteiger charge is 2.16. The largest absolute Gasteiger partial charge is 0.494 e. The summed E-state index contributed by atoms with van der Waals surface area (Å²) in [6.45, 7) is 2.94. The van der Waals surface area contributed by atoms with Crippen molar-refractivity contribution < 1.29 is 19.1 Å². The molecule has 32 heavy (non-hydrogen) atoms. The fraction of sp³-hybridized carbons (Fsp3) is 0.400. The summed E-state index contributed by atoms with van der Waals surface area (Å²) < 4.78 is 11.6. The second-order valence-electron chi connectivity index (χ2n) is 7.78. The van der Waals surface area contributed by atoms with Gasteiger partial charge in [-0.25, -0.2) is 0 Å². The Hall–Kier alpha value is -3.19. The van der Waals surface area contributed by atoms with Crippen LogP contribution in [0, 0.1) is 0 Å². The van der Waals surface area contributed by atoms with Gasteiger partial charge in [0.15, 0.2) is 0 Å². The predicted molar refractivity (Wildman–Crippen MR) is 124 cm³/mol. The number of rotatable bonds is 13. The van der Waals surface area contributed by atoms with Crippen molar-refractivity contribution in [2.45, 2.75) is 51.5 Å². The maximum atomic E-state index is 11.2. The minimum atomic E-state index is -0.874. The van der Waals surface area contributed by atoms with Crippen LogP contribution >= 0.6 is 0 Å². The monoisotopic (exact) mass is 437 g/mol. The zero-order valence-electron chi connectivity index (χ0n) is 18.7. The van der Waals surface area contributed by atoms with Gasteiger partial charge in [0.25, 0.3) is 0 Å². The Morgan fingerprint density at radius 2 is 1.56 bits per heavy atom. The van der Waals surface area contributed by atoms with Crippen LogP contribution in [-0.4, -0.2) is 41.0 Å². The summed E-state index contributed by atoms with van der Waals surface area (Å²) in [5.41, 5.74) is 2.53. The fourth-order valence-corrected chi connectivity index (χ4v) is 3.38. The Balaban J connectivity index is 1.56. The van der Waals surface area contributed by atoms with E-state index in [1.807, 2.05) is 48.5 Å². The number of carboxylic acids is 1. The number of carboxylic acid groups (broad SMARTS) is 1. The first-order valence-corrected chi connectivity index (χ1v) is 11.2. The Kier molecular flexibility index (Phi) is 8.80. The second-order valence-corrected chi connectivity index (χ2v) is 7.78. The molecule has 2 N–H and O–H groups in total. The maximum absolute atomic E-state index is 11.2. The topological polar surface area (TPSA) is 97.5 Å². The Morgan fingerprint density at radius 3 is 2.12 bits per heavy atom. The molecule has 3 aromatic rings. The van der Waals surface area contributed by atoms with Crippen molar-refractivity contribution in [3.8, 4) is 28.7 Å². The molecular weight excluding hydrogens is 406 g/mol.